The molecule has 0 saturated heterocycles. The SMILES string of the molecule is COc1cc2nc(C(F)(F)F)[nH]c(=O)c2cc1[N+](=O)[O-]. The fraction of sp³-hybridized carbons (Fsp3) is 0.200. The third kappa shape index (κ3) is 2.27. The van der Waals surface area contributed by atoms with Crippen molar-refractivity contribution in [3.8, 4) is 5.75 Å². The van der Waals surface area contributed by atoms with Crippen molar-refractivity contribution < 1.29 is 22.8 Å². The summed E-state index contributed by atoms with van der Waals surface area (Å²) in [5.41, 5.74) is -2.00. The second kappa shape index (κ2) is 4.47. The highest BCUT2D eigenvalue weighted by atomic mass is 19.4. The molecule has 1 heterocycles. The minimum atomic E-state index is -4.83. The monoisotopic (exact) mass is 289 g/mol. The zero-order chi connectivity index (χ0) is 15.1. The normalized spacial score (nSPS) is 11.6. The van der Waals surface area contributed by atoms with Gasteiger partial charge in [0, 0.05) is 12.1 Å². The highest BCUT2D eigenvalue weighted by Crippen LogP contribution is 2.31. The summed E-state index contributed by atoms with van der Waals surface area (Å²) in [6.07, 6.45) is -4.83. The van der Waals surface area contributed by atoms with Gasteiger partial charge in [-0.05, 0) is 0 Å². The molecule has 0 aliphatic carbocycles. The van der Waals surface area contributed by atoms with E-state index in [0.29, 0.717) is 0 Å². The topological polar surface area (TPSA) is 98.1 Å². The molecule has 0 fully saturated rings. The molecule has 20 heavy (non-hydrogen) atoms. The zero-order valence-electron chi connectivity index (χ0n) is 9.82. The van der Waals surface area contributed by atoms with Crippen LogP contribution < -0.4 is 10.3 Å². The van der Waals surface area contributed by atoms with E-state index in [1.165, 1.54) is 4.98 Å². The van der Waals surface area contributed by atoms with Crippen LogP contribution in [-0.4, -0.2) is 22.0 Å². The number of benzene rings is 1. The lowest BCUT2D eigenvalue weighted by Gasteiger charge is -2.07. The fourth-order valence-electron chi connectivity index (χ4n) is 1.60. The Kier molecular flexibility index (Phi) is 3.08. The summed E-state index contributed by atoms with van der Waals surface area (Å²) in [6.45, 7) is 0. The van der Waals surface area contributed by atoms with E-state index in [2.05, 4.69) is 4.98 Å². The lowest BCUT2D eigenvalue weighted by molar-refractivity contribution is -0.385. The number of ether oxygens (including phenoxy) is 1. The number of hydrogen-bond donors (Lipinski definition) is 1. The largest absolute Gasteiger partial charge is 0.490 e. The van der Waals surface area contributed by atoms with Crippen LogP contribution >= 0.6 is 0 Å². The van der Waals surface area contributed by atoms with Gasteiger partial charge in [0.2, 0.25) is 5.82 Å². The number of nitrogens with zero attached hydrogens (tertiary/aromatic N) is 2. The molecule has 0 bridgehead atoms. The van der Waals surface area contributed by atoms with Gasteiger partial charge in [-0.25, -0.2) is 4.98 Å². The number of nitro groups is 1. The van der Waals surface area contributed by atoms with Crippen LogP contribution in [0.2, 0.25) is 0 Å². The number of nitro benzene ring substituents is 1. The van der Waals surface area contributed by atoms with E-state index in [1.807, 2.05) is 0 Å². The molecule has 10 heteroatoms. The summed E-state index contributed by atoms with van der Waals surface area (Å²) in [5.74, 6) is -1.76. The molecular formula is C10H6F3N3O4. The molecule has 1 aromatic carbocycles. The molecule has 0 spiro atoms. The van der Waals surface area contributed by atoms with Gasteiger partial charge in [0.25, 0.3) is 5.56 Å². The van der Waals surface area contributed by atoms with Crippen LogP contribution in [0.1, 0.15) is 5.82 Å². The predicted octanol–water partition coefficient (Wildman–Crippen LogP) is 1.86. The first-order valence-corrected chi connectivity index (χ1v) is 5.07. The Labute approximate surface area is 108 Å². The maximum absolute atomic E-state index is 12.5. The number of nitrogens with one attached hydrogen (secondary N) is 1. The van der Waals surface area contributed by atoms with Gasteiger partial charge in [-0.1, -0.05) is 0 Å². The lowest BCUT2D eigenvalue weighted by Crippen LogP contribution is -2.19. The maximum atomic E-state index is 12.5. The zero-order valence-corrected chi connectivity index (χ0v) is 9.82. The summed E-state index contributed by atoms with van der Waals surface area (Å²) in [4.78, 5) is 26.3. The molecule has 106 valence electrons. The smallest absolute Gasteiger partial charge is 0.449 e. The van der Waals surface area contributed by atoms with E-state index in [4.69, 9.17) is 4.74 Å². The van der Waals surface area contributed by atoms with Crippen molar-refractivity contribution in [2.75, 3.05) is 7.11 Å². The van der Waals surface area contributed by atoms with Gasteiger partial charge in [0.05, 0.1) is 22.9 Å². The number of H-pyrrole nitrogens is 1. The molecule has 0 amide bonds. The average molecular weight is 289 g/mol. The van der Waals surface area contributed by atoms with Crippen LogP contribution in [0, 0.1) is 10.1 Å². The van der Waals surface area contributed by atoms with Crippen LogP contribution in [0.4, 0.5) is 18.9 Å². The number of methoxy groups -OCH3 is 1. The molecule has 0 aliphatic rings. The molecule has 1 N–H and O–H groups in total. The number of fused-ring (bicyclic) bond motifs is 1. The summed E-state index contributed by atoms with van der Waals surface area (Å²) in [5, 5.41) is 10.4. The van der Waals surface area contributed by atoms with Gasteiger partial charge < -0.3 is 9.72 Å². The Morgan fingerprint density at radius 2 is 2.05 bits per heavy atom. The lowest BCUT2D eigenvalue weighted by atomic mass is 10.2. The molecule has 0 saturated carbocycles. The first-order valence-electron chi connectivity index (χ1n) is 5.07. The van der Waals surface area contributed by atoms with Gasteiger partial charge in [0.15, 0.2) is 5.75 Å². The van der Waals surface area contributed by atoms with Gasteiger partial charge >= 0.3 is 11.9 Å². The Balaban J connectivity index is 2.83. The van der Waals surface area contributed by atoms with Crippen LogP contribution in [0.3, 0.4) is 0 Å². The molecule has 0 radical (unpaired) electrons. The van der Waals surface area contributed by atoms with Crippen LogP contribution in [0.15, 0.2) is 16.9 Å². The summed E-state index contributed by atoms with van der Waals surface area (Å²) in [7, 11) is 1.12. The molecule has 7 nitrogen and oxygen atoms in total. The van der Waals surface area contributed by atoms with Crippen molar-refractivity contribution in [3.63, 3.8) is 0 Å². The quantitative estimate of drug-likeness (QED) is 0.672. The van der Waals surface area contributed by atoms with E-state index < -0.39 is 28.2 Å². The number of aromatic amines is 1. The Morgan fingerprint density at radius 3 is 2.55 bits per heavy atom. The van der Waals surface area contributed by atoms with E-state index >= 15 is 0 Å². The number of aromatic nitrogens is 2. The number of alkyl halides is 3. The molecule has 2 aromatic rings. The van der Waals surface area contributed by atoms with Crippen LogP contribution in [-0.2, 0) is 6.18 Å². The maximum Gasteiger partial charge on any atom is 0.449 e. The van der Waals surface area contributed by atoms with Crippen molar-refractivity contribution in [2.24, 2.45) is 0 Å². The second-order valence-electron chi connectivity index (χ2n) is 3.71. The highest BCUT2D eigenvalue weighted by Gasteiger charge is 2.34. The summed E-state index contributed by atoms with van der Waals surface area (Å²) >= 11 is 0. The molecule has 0 unspecified atom stereocenters. The van der Waals surface area contributed by atoms with Crippen molar-refractivity contribution in [1.82, 2.24) is 9.97 Å². The second-order valence-corrected chi connectivity index (χ2v) is 3.71. The third-order valence-corrected chi connectivity index (χ3v) is 2.47. The van der Waals surface area contributed by atoms with E-state index in [-0.39, 0.29) is 16.7 Å². The van der Waals surface area contributed by atoms with Crippen molar-refractivity contribution in [1.29, 1.82) is 0 Å². The highest BCUT2D eigenvalue weighted by molar-refractivity contribution is 5.83. The van der Waals surface area contributed by atoms with E-state index in [0.717, 1.165) is 19.2 Å². The molecule has 2 rings (SSSR count). The number of hydrogen-bond acceptors (Lipinski definition) is 5. The third-order valence-electron chi connectivity index (χ3n) is 2.47. The predicted molar refractivity (Wildman–Crippen MR) is 60.6 cm³/mol. The summed E-state index contributed by atoms with van der Waals surface area (Å²) in [6, 6.07) is 1.73. The molecule has 1 aromatic heterocycles. The standard InChI is InChI=1S/C10H6F3N3O4/c1-20-7-3-5-4(2-6(7)16(18)19)8(17)15-9(14-5)10(11,12)13/h2-3H,1H3,(H,14,15,17). The molecule has 0 aliphatic heterocycles. The van der Waals surface area contributed by atoms with Crippen LogP contribution in [0.5, 0.6) is 5.75 Å². The van der Waals surface area contributed by atoms with Gasteiger partial charge in [-0.2, -0.15) is 13.2 Å². The first-order chi connectivity index (χ1) is 9.24. The Hall–Kier alpha value is -2.65. The Bertz CT molecular complexity index is 754. The average Bonchev–Trinajstić information content (AvgIpc) is 2.35. The number of halogens is 3. The number of rotatable bonds is 2. The van der Waals surface area contributed by atoms with E-state index in [1.54, 1.807) is 0 Å². The minimum Gasteiger partial charge on any atom is -0.490 e. The van der Waals surface area contributed by atoms with Crippen molar-refractivity contribution in [2.45, 2.75) is 6.18 Å². The van der Waals surface area contributed by atoms with Gasteiger partial charge in [0.1, 0.15) is 0 Å². The van der Waals surface area contributed by atoms with Gasteiger partial charge in [-0.15, -0.1) is 0 Å². The van der Waals surface area contributed by atoms with Gasteiger partial charge in [-0.3, -0.25) is 14.9 Å². The van der Waals surface area contributed by atoms with Crippen molar-refractivity contribution >= 4 is 16.6 Å². The van der Waals surface area contributed by atoms with Crippen LogP contribution in [0.25, 0.3) is 10.9 Å². The first kappa shape index (κ1) is 13.8. The van der Waals surface area contributed by atoms with Crippen molar-refractivity contribution in [3.05, 3.63) is 38.4 Å². The minimum absolute atomic E-state index is 0.284. The fourth-order valence-corrected chi connectivity index (χ4v) is 1.60. The summed E-state index contributed by atoms with van der Waals surface area (Å²) < 4.78 is 42.2. The van der Waals surface area contributed by atoms with E-state index in [9.17, 15) is 28.1 Å². The molecule has 0 atom stereocenters. The molecular weight excluding hydrogens is 283 g/mol. The Morgan fingerprint density at radius 1 is 1.40 bits per heavy atom.